The molecule has 2 nitrogen and oxygen atoms in total. The number of hydrazine groups is 1. The number of nitrogens with two attached hydrogens (primary N) is 1. The van der Waals surface area contributed by atoms with Crippen LogP contribution in [0.1, 0.15) is 43.4 Å². The van der Waals surface area contributed by atoms with E-state index in [4.69, 9.17) is 5.84 Å². The van der Waals surface area contributed by atoms with Crippen molar-refractivity contribution in [2.75, 3.05) is 0 Å². The Balaban J connectivity index is 2.18. The summed E-state index contributed by atoms with van der Waals surface area (Å²) in [5.41, 5.74) is 5.64. The molecule has 0 radical (unpaired) electrons. The maximum absolute atomic E-state index is 5.73. The van der Waals surface area contributed by atoms with Crippen LogP contribution >= 0.6 is 0 Å². The van der Waals surface area contributed by atoms with Crippen LogP contribution in [0.5, 0.6) is 0 Å². The van der Waals surface area contributed by atoms with Crippen molar-refractivity contribution in [2.24, 2.45) is 17.7 Å². The molecule has 0 spiro atoms. The van der Waals surface area contributed by atoms with E-state index in [0.29, 0.717) is 12.0 Å². The van der Waals surface area contributed by atoms with Gasteiger partial charge in [0.2, 0.25) is 0 Å². The highest BCUT2D eigenvalue weighted by Gasteiger charge is 2.31. The zero-order chi connectivity index (χ0) is 11.5. The molecular formula is C14H22N2. The van der Waals surface area contributed by atoms with Gasteiger partial charge >= 0.3 is 0 Å². The van der Waals surface area contributed by atoms with Crippen molar-refractivity contribution in [3.05, 3.63) is 35.4 Å². The average Bonchev–Trinajstić information content (AvgIpc) is 2.69. The first-order chi connectivity index (χ1) is 7.72. The molecule has 0 bridgehead atoms. The Bertz CT molecular complexity index is 331. The minimum atomic E-state index is 0.318. The van der Waals surface area contributed by atoms with E-state index in [2.05, 4.69) is 43.5 Å². The SMILES string of the molecule is Cc1ccc(C(NN)C2CCCC2C)cc1. The molecule has 2 rings (SSSR count). The number of nitrogens with one attached hydrogen (secondary N) is 1. The van der Waals surface area contributed by atoms with Gasteiger partial charge in [0.25, 0.3) is 0 Å². The topological polar surface area (TPSA) is 38.0 Å². The first-order valence-electron chi connectivity index (χ1n) is 6.25. The third kappa shape index (κ3) is 2.28. The Kier molecular flexibility index (Phi) is 3.62. The minimum Gasteiger partial charge on any atom is -0.271 e. The van der Waals surface area contributed by atoms with Crippen molar-refractivity contribution in [2.45, 2.75) is 39.2 Å². The first-order valence-corrected chi connectivity index (χ1v) is 6.25. The fourth-order valence-electron chi connectivity index (χ4n) is 2.91. The van der Waals surface area contributed by atoms with Gasteiger partial charge in [-0.15, -0.1) is 0 Å². The lowest BCUT2D eigenvalue weighted by Gasteiger charge is -2.26. The fraction of sp³-hybridized carbons (Fsp3) is 0.571. The predicted molar refractivity (Wildman–Crippen MR) is 67.7 cm³/mol. The molecule has 3 unspecified atom stereocenters. The zero-order valence-corrected chi connectivity index (χ0v) is 10.2. The van der Waals surface area contributed by atoms with Gasteiger partial charge in [-0.05, 0) is 30.7 Å². The summed E-state index contributed by atoms with van der Waals surface area (Å²) in [4.78, 5) is 0. The second kappa shape index (κ2) is 4.98. The monoisotopic (exact) mass is 218 g/mol. The largest absolute Gasteiger partial charge is 0.271 e. The number of benzene rings is 1. The molecule has 1 aromatic rings. The molecule has 88 valence electrons. The molecule has 2 heteroatoms. The van der Waals surface area contributed by atoms with E-state index in [1.807, 2.05) is 0 Å². The van der Waals surface area contributed by atoms with Crippen LogP contribution in [-0.2, 0) is 0 Å². The standard InChI is InChI=1S/C14H22N2/c1-10-6-8-12(9-7-10)14(16-15)13-5-3-4-11(13)2/h6-9,11,13-14,16H,3-5,15H2,1-2H3. The maximum Gasteiger partial charge on any atom is 0.0490 e. The fourth-order valence-corrected chi connectivity index (χ4v) is 2.91. The quantitative estimate of drug-likeness (QED) is 0.604. The van der Waals surface area contributed by atoms with Gasteiger partial charge in [-0.3, -0.25) is 11.3 Å². The van der Waals surface area contributed by atoms with Crippen molar-refractivity contribution >= 4 is 0 Å². The predicted octanol–water partition coefficient (Wildman–Crippen LogP) is 2.94. The molecule has 1 fully saturated rings. The van der Waals surface area contributed by atoms with E-state index in [9.17, 15) is 0 Å². The molecule has 3 N–H and O–H groups in total. The Morgan fingerprint density at radius 1 is 1.25 bits per heavy atom. The molecule has 1 aromatic carbocycles. The summed E-state index contributed by atoms with van der Waals surface area (Å²) in [5, 5.41) is 0. The lowest BCUT2D eigenvalue weighted by molar-refractivity contribution is 0.304. The molecule has 1 aliphatic rings. The number of hydrogen-bond acceptors (Lipinski definition) is 2. The van der Waals surface area contributed by atoms with Gasteiger partial charge in [-0.25, -0.2) is 0 Å². The summed E-state index contributed by atoms with van der Waals surface area (Å²) in [7, 11) is 0. The summed E-state index contributed by atoms with van der Waals surface area (Å²) in [5.74, 6) is 7.20. The van der Waals surface area contributed by atoms with Crippen LogP contribution in [0.3, 0.4) is 0 Å². The van der Waals surface area contributed by atoms with Gasteiger partial charge in [-0.2, -0.15) is 0 Å². The highest BCUT2D eigenvalue weighted by Crippen LogP contribution is 2.39. The number of aryl methyl sites for hydroxylation is 1. The van der Waals surface area contributed by atoms with Crippen LogP contribution in [0.4, 0.5) is 0 Å². The molecule has 0 heterocycles. The van der Waals surface area contributed by atoms with Crippen molar-refractivity contribution < 1.29 is 0 Å². The van der Waals surface area contributed by atoms with Gasteiger partial charge in [0.15, 0.2) is 0 Å². The second-order valence-electron chi connectivity index (χ2n) is 5.13. The lowest BCUT2D eigenvalue weighted by Crippen LogP contribution is -2.34. The summed E-state index contributed by atoms with van der Waals surface area (Å²) in [6.45, 7) is 4.46. The highest BCUT2D eigenvalue weighted by molar-refractivity contribution is 5.24. The number of hydrogen-bond donors (Lipinski definition) is 2. The smallest absolute Gasteiger partial charge is 0.0490 e. The summed E-state index contributed by atoms with van der Waals surface area (Å²) in [6.07, 6.45) is 3.98. The molecule has 16 heavy (non-hydrogen) atoms. The van der Waals surface area contributed by atoms with Crippen molar-refractivity contribution in [1.29, 1.82) is 0 Å². The summed E-state index contributed by atoms with van der Waals surface area (Å²) in [6, 6.07) is 9.05. The Hall–Kier alpha value is -0.860. The number of rotatable bonds is 3. The highest BCUT2D eigenvalue weighted by atomic mass is 15.2. The zero-order valence-electron chi connectivity index (χ0n) is 10.2. The first kappa shape index (κ1) is 11.6. The molecular weight excluding hydrogens is 196 g/mol. The Morgan fingerprint density at radius 2 is 1.94 bits per heavy atom. The molecule has 1 saturated carbocycles. The van der Waals surface area contributed by atoms with Crippen LogP contribution in [0.15, 0.2) is 24.3 Å². The van der Waals surface area contributed by atoms with E-state index >= 15 is 0 Å². The lowest BCUT2D eigenvalue weighted by atomic mass is 9.86. The second-order valence-corrected chi connectivity index (χ2v) is 5.13. The summed E-state index contributed by atoms with van der Waals surface area (Å²) < 4.78 is 0. The van der Waals surface area contributed by atoms with Gasteiger partial charge in [-0.1, -0.05) is 49.6 Å². The Morgan fingerprint density at radius 3 is 2.44 bits per heavy atom. The van der Waals surface area contributed by atoms with Crippen LogP contribution in [0, 0.1) is 18.8 Å². The average molecular weight is 218 g/mol. The van der Waals surface area contributed by atoms with Gasteiger partial charge in [0.1, 0.15) is 0 Å². The molecule has 0 aromatic heterocycles. The van der Waals surface area contributed by atoms with E-state index < -0.39 is 0 Å². The van der Waals surface area contributed by atoms with Gasteiger partial charge in [0.05, 0.1) is 0 Å². The molecule has 3 atom stereocenters. The Labute approximate surface area is 98.2 Å². The molecule has 0 aliphatic heterocycles. The van der Waals surface area contributed by atoms with Crippen LogP contribution in [0.25, 0.3) is 0 Å². The van der Waals surface area contributed by atoms with Crippen molar-refractivity contribution in [3.63, 3.8) is 0 Å². The summed E-state index contributed by atoms with van der Waals surface area (Å²) >= 11 is 0. The van der Waals surface area contributed by atoms with Gasteiger partial charge < -0.3 is 0 Å². The third-order valence-corrected chi connectivity index (χ3v) is 3.97. The van der Waals surface area contributed by atoms with E-state index in [-0.39, 0.29) is 0 Å². The molecule has 0 amide bonds. The van der Waals surface area contributed by atoms with Crippen LogP contribution in [0.2, 0.25) is 0 Å². The van der Waals surface area contributed by atoms with E-state index in [1.54, 1.807) is 0 Å². The van der Waals surface area contributed by atoms with Crippen molar-refractivity contribution in [3.8, 4) is 0 Å². The van der Waals surface area contributed by atoms with Crippen LogP contribution < -0.4 is 11.3 Å². The van der Waals surface area contributed by atoms with E-state index in [1.165, 1.54) is 30.4 Å². The molecule has 0 saturated heterocycles. The van der Waals surface area contributed by atoms with Gasteiger partial charge in [0, 0.05) is 6.04 Å². The molecule has 1 aliphatic carbocycles. The normalized spacial score (nSPS) is 26.9. The minimum absolute atomic E-state index is 0.318. The van der Waals surface area contributed by atoms with E-state index in [0.717, 1.165) is 5.92 Å². The van der Waals surface area contributed by atoms with Crippen molar-refractivity contribution in [1.82, 2.24) is 5.43 Å². The maximum atomic E-state index is 5.73. The third-order valence-electron chi connectivity index (χ3n) is 3.97. The van der Waals surface area contributed by atoms with Crippen LogP contribution in [-0.4, -0.2) is 0 Å².